The molecule has 2 nitrogen and oxygen atoms in total. The van der Waals surface area contributed by atoms with E-state index < -0.39 is 12.2 Å². The second-order valence-electron chi connectivity index (χ2n) is 2.84. The molecule has 60 valence electrons. The highest BCUT2D eigenvalue weighted by atomic mass is 16.5. The highest BCUT2D eigenvalue weighted by Gasteiger charge is 2.28. The van der Waals surface area contributed by atoms with Gasteiger partial charge in [-0.3, -0.25) is 0 Å². The normalized spacial score (nSPS) is 38.3. The fraction of sp³-hybridized carbons (Fsp3) is 0.556. The first-order chi connectivity index (χ1) is 5.15. The zero-order valence-corrected chi connectivity index (χ0v) is 6.58. The van der Waals surface area contributed by atoms with Crippen LogP contribution in [0.2, 0.25) is 0 Å². The molecule has 1 aliphatic heterocycles. The van der Waals surface area contributed by atoms with Crippen molar-refractivity contribution in [2.24, 2.45) is 0 Å². The third-order valence-electron chi connectivity index (χ3n) is 1.80. The van der Waals surface area contributed by atoms with Gasteiger partial charge < -0.3 is 9.84 Å². The summed E-state index contributed by atoms with van der Waals surface area (Å²) in [6, 6.07) is 0. The molecule has 0 bridgehead atoms. The molecule has 11 heavy (non-hydrogen) atoms. The van der Waals surface area contributed by atoms with Crippen LogP contribution < -0.4 is 0 Å². The van der Waals surface area contributed by atoms with Crippen molar-refractivity contribution in [1.82, 2.24) is 0 Å². The molecule has 1 fully saturated rings. The van der Waals surface area contributed by atoms with E-state index in [1.165, 1.54) is 0 Å². The maximum Gasteiger partial charge on any atom is 0.147 e. The number of ether oxygens (including phenoxy) is 1. The third kappa shape index (κ3) is 1.62. The van der Waals surface area contributed by atoms with Crippen molar-refractivity contribution in [3.05, 3.63) is 12.2 Å². The quantitative estimate of drug-likeness (QED) is 0.409. The van der Waals surface area contributed by atoms with Crippen LogP contribution in [0, 0.1) is 12.3 Å². The minimum Gasteiger partial charge on any atom is -0.385 e. The molecule has 0 aromatic heterocycles. The largest absolute Gasteiger partial charge is 0.385 e. The number of aliphatic hydroxyl groups is 1. The lowest BCUT2D eigenvalue weighted by Crippen LogP contribution is -2.38. The summed E-state index contributed by atoms with van der Waals surface area (Å²) < 4.78 is 5.27. The molecule has 1 N–H and O–H groups in total. The molecule has 0 aromatic carbocycles. The predicted octanol–water partition coefficient (Wildman–Crippen LogP) is 0.714. The number of hydrogen-bond acceptors (Lipinski definition) is 2. The summed E-state index contributed by atoms with van der Waals surface area (Å²) >= 11 is 0. The molecule has 1 rings (SSSR count). The van der Waals surface area contributed by atoms with Crippen molar-refractivity contribution in [2.75, 3.05) is 0 Å². The van der Waals surface area contributed by atoms with Gasteiger partial charge in [-0.2, -0.15) is 0 Å². The Bertz CT molecular complexity index is 202. The maximum absolute atomic E-state index is 9.39. The average Bonchev–Trinajstić information content (AvgIpc) is 1.96. The lowest BCUT2D eigenvalue weighted by atomic mass is 9.97. The summed E-state index contributed by atoms with van der Waals surface area (Å²) in [5, 5.41) is 9.39. The standard InChI is InChI=1S/C9H12O2/c1-4-8-9(10)6(2)5-7(3)11-8/h1,7-10H,2,5H2,3H3/t7-,8+,9-/m0/s1. The van der Waals surface area contributed by atoms with Crippen molar-refractivity contribution in [2.45, 2.75) is 31.7 Å². The maximum atomic E-state index is 9.39. The molecule has 1 heterocycles. The van der Waals surface area contributed by atoms with Gasteiger partial charge in [0.25, 0.3) is 0 Å². The average molecular weight is 152 g/mol. The Kier molecular flexibility index (Phi) is 2.33. The van der Waals surface area contributed by atoms with Gasteiger partial charge in [0, 0.05) is 0 Å². The van der Waals surface area contributed by atoms with Gasteiger partial charge in [0.2, 0.25) is 0 Å². The molecule has 1 aliphatic rings. The van der Waals surface area contributed by atoms with Crippen LogP contribution >= 0.6 is 0 Å². The molecule has 0 aliphatic carbocycles. The van der Waals surface area contributed by atoms with Crippen molar-refractivity contribution < 1.29 is 9.84 Å². The number of rotatable bonds is 0. The molecule has 0 spiro atoms. The first kappa shape index (κ1) is 8.32. The van der Waals surface area contributed by atoms with Gasteiger partial charge in [0.05, 0.1) is 6.10 Å². The van der Waals surface area contributed by atoms with E-state index in [2.05, 4.69) is 12.5 Å². The summed E-state index contributed by atoms with van der Waals surface area (Å²) in [4.78, 5) is 0. The molecule has 0 unspecified atom stereocenters. The van der Waals surface area contributed by atoms with Crippen molar-refractivity contribution in [1.29, 1.82) is 0 Å². The minimum atomic E-state index is -0.684. The fourth-order valence-electron chi connectivity index (χ4n) is 1.21. The van der Waals surface area contributed by atoms with E-state index in [4.69, 9.17) is 11.2 Å². The van der Waals surface area contributed by atoms with Crippen LogP contribution in [0.25, 0.3) is 0 Å². The monoisotopic (exact) mass is 152 g/mol. The van der Waals surface area contributed by atoms with Gasteiger partial charge in [-0.25, -0.2) is 0 Å². The first-order valence-electron chi connectivity index (χ1n) is 3.62. The highest BCUT2D eigenvalue weighted by Crippen LogP contribution is 2.22. The molecule has 1 saturated heterocycles. The van der Waals surface area contributed by atoms with Crippen LogP contribution in [0.4, 0.5) is 0 Å². The Balaban J connectivity index is 2.68. The number of hydrogen-bond donors (Lipinski definition) is 1. The van der Waals surface area contributed by atoms with Crippen LogP contribution in [0.1, 0.15) is 13.3 Å². The molecular formula is C9H12O2. The topological polar surface area (TPSA) is 29.5 Å². The van der Waals surface area contributed by atoms with Crippen LogP contribution in [0.3, 0.4) is 0 Å². The molecule has 0 radical (unpaired) electrons. The van der Waals surface area contributed by atoms with Crippen molar-refractivity contribution >= 4 is 0 Å². The fourth-order valence-corrected chi connectivity index (χ4v) is 1.21. The summed E-state index contributed by atoms with van der Waals surface area (Å²) in [5.74, 6) is 2.38. The van der Waals surface area contributed by atoms with E-state index in [1.54, 1.807) is 0 Å². The molecule has 0 aromatic rings. The lowest BCUT2D eigenvalue weighted by Gasteiger charge is -2.30. The minimum absolute atomic E-state index is 0.0759. The predicted molar refractivity (Wildman–Crippen MR) is 42.9 cm³/mol. The third-order valence-corrected chi connectivity index (χ3v) is 1.80. The van der Waals surface area contributed by atoms with E-state index in [0.29, 0.717) is 6.42 Å². The van der Waals surface area contributed by atoms with E-state index in [1.807, 2.05) is 6.92 Å². The Morgan fingerprint density at radius 1 is 1.82 bits per heavy atom. The van der Waals surface area contributed by atoms with E-state index in [0.717, 1.165) is 5.57 Å². The first-order valence-corrected chi connectivity index (χ1v) is 3.62. The van der Waals surface area contributed by atoms with Crippen LogP contribution in [-0.2, 0) is 4.74 Å². The molecule has 0 amide bonds. The molecule has 2 heteroatoms. The SMILES string of the molecule is C#C[C@H]1O[C@@H](C)CC(=C)[C@@H]1O. The second-order valence-corrected chi connectivity index (χ2v) is 2.84. The van der Waals surface area contributed by atoms with E-state index in [9.17, 15) is 5.11 Å². The van der Waals surface area contributed by atoms with Gasteiger partial charge in [0.1, 0.15) is 12.2 Å². The van der Waals surface area contributed by atoms with Crippen LogP contribution in [-0.4, -0.2) is 23.4 Å². The van der Waals surface area contributed by atoms with Gasteiger partial charge in [-0.05, 0) is 18.9 Å². The smallest absolute Gasteiger partial charge is 0.147 e. The zero-order valence-electron chi connectivity index (χ0n) is 6.58. The van der Waals surface area contributed by atoms with E-state index in [-0.39, 0.29) is 6.10 Å². The van der Waals surface area contributed by atoms with Crippen molar-refractivity contribution in [3.8, 4) is 12.3 Å². The summed E-state index contributed by atoms with van der Waals surface area (Å²) in [6.45, 7) is 5.64. The van der Waals surface area contributed by atoms with E-state index >= 15 is 0 Å². The number of aliphatic hydroxyl groups excluding tert-OH is 1. The summed E-state index contributed by atoms with van der Waals surface area (Å²) in [7, 11) is 0. The van der Waals surface area contributed by atoms with Crippen LogP contribution in [0.15, 0.2) is 12.2 Å². The Hall–Kier alpha value is -0.780. The van der Waals surface area contributed by atoms with Gasteiger partial charge in [-0.15, -0.1) is 6.42 Å². The van der Waals surface area contributed by atoms with Gasteiger partial charge >= 0.3 is 0 Å². The summed E-state index contributed by atoms with van der Waals surface area (Å²) in [6.07, 6.45) is 4.72. The lowest BCUT2D eigenvalue weighted by molar-refractivity contribution is -0.0543. The van der Waals surface area contributed by atoms with Crippen LogP contribution in [0.5, 0.6) is 0 Å². The Morgan fingerprint density at radius 3 is 3.00 bits per heavy atom. The highest BCUT2D eigenvalue weighted by molar-refractivity contribution is 5.16. The molecule has 3 atom stereocenters. The second kappa shape index (κ2) is 3.08. The zero-order chi connectivity index (χ0) is 8.43. The summed E-state index contributed by atoms with van der Waals surface area (Å²) in [5.41, 5.74) is 0.770. The van der Waals surface area contributed by atoms with Gasteiger partial charge in [0.15, 0.2) is 0 Å². The van der Waals surface area contributed by atoms with Crippen molar-refractivity contribution in [3.63, 3.8) is 0 Å². The molecular weight excluding hydrogens is 140 g/mol. The molecule has 0 saturated carbocycles. The van der Waals surface area contributed by atoms with Gasteiger partial charge in [-0.1, -0.05) is 12.5 Å². The Labute approximate surface area is 66.9 Å². The number of terminal acetylenes is 1. The Morgan fingerprint density at radius 2 is 2.45 bits per heavy atom.